The van der Waals surface area contributed by atoms with Crippen LogP contribution in [0.4, 0.5) is 16.3 Å². The largest absolute Gasteiger partial charge is 0.467 e. The number of benzene rings is 1. The highest BCUT2D eigenvalue weighted by Gasteiger charge is 2.42. The Morgan fingerprint density at radius 1 is 1.03 bits per heavy atom. The van der Waals surface area contributed by atoms with Crippen molar-refractivity contribution in [2.75, 3.05) is 50.6 Å². The van der Waals surface area contributed by atoms with Gasteiger partial charge in [0.05, 0.1) is 7.11 Å². The van der Waals surface area contributed by atoms with E-state index in [9.17, 15) is 9.18 Å². The molecule has 1 saturated heterocycles. The number of esters is 1. The smallest absolute Gasteiger partial charge is 0.325 e. The van der Waals surface area contributed by atoms with Crippen LogP contribution in [0.2, 0.25) is 0 Å². The van der Waals surface area contributed by atoms with E-state index >= 15 is 0 Å². The summed E-state index contributed by atoms with van der Waals surface area (Å²) in [6.07, 6.45) is 1.50. The fraction of sp³-hybridized carbons (Fsp3) is 0.615. The number of piperidine rings is 1. The molecule has 12 heteroatoms. The van der Waals surface area contributed by atoms with E-state index in [0.717, 1.165) is 18.4 Å². The van der Waals surface area contributed by atoms with Gasteiger partial charge in [-0.15, -0.1) is 0 Å². The van der Waals surface area contributed by atoms with Crippen molar-refractivity contribution >= 4 is 17.9 Å². The van der Waals surface area contributed by atoms with E-state index in [1.807, 2.05) is 13.8 Å². The van der Waals surface area contributed by atoms with Crippen LogP contribution in [0.25, 0.3) is 0 Å². The number of nitrogens with one attached hydrogen (secondary N) is 2. The molecule has 0 amide bonds. The van der Waals surface area contributed by atoms with Crippen molar-refractivity contribution in [3.63, 3.8) is 0 Å². The van der Waals surface area contributed by atoms with Crippen LogP contribution in [-0.2, 0) is 24.9 Å². The van der Waals surface area contributed by atoms with Crippen molar-refractivity contribution in [2.45, 2.75) is 65.0 Å². The first-order chi connectivity index (χ1) is 18.1. The first-order valence-corrected chi connectivity index (χ1v) is 12.9. The zero-order valence-corrected chi connectivity index (χ0v) is 23.0. The Bertz CT molecular complexity index is 1040. The van der Waals surface area contributed by atoms with Crippen molar-refractivity contribution in [3.8, 4) is 6.01 Å². The van der Waals surface area contributed by atoms with Crippen LogP contribution in [0, 0.1) is 5.82 Å². The molecule has 0 atom stereocenters. The number of nitrogens with zero attached hydrogens (tertiary/aromatic N) is 4. The molecular weight excluding hydrogens is 495 g/mol. The van der Waals surface area contributed by atoms with Crippen LogP contribution in [-0.4, -0.2) is 77.4 Å². The number of halogens is 1. The lowest BCUT2D eigenvalue weighted by Crippen LogP contribution is -2.54. The third-order valence-electron chi connectivity index (χ3n) is 5.74. The molecule has 1 aliphatic heterocycles. The maximum absolute atomic E-state index is 13.6. The molecule has 2 heterocycles. The van der Waals surface area contributed by atoms with Gasteiger partial charge in [0.15, 0.2) is 0 Å². The lowest BCUT2D eigenvalue weighted by molar-refractivity contribution is -0.330. The van der Waals surface area contributed by atoms with Gasteiger partial charge in [0, 0.05) is 37.9 Å². The highest BCUT2D eigenvalue weighted by molar-refractivity contribution is 5.74. The van der Waals surface area contributed by atoms with Gasteiger partial charge in [-0.1, -0.05) is 0 Å². The van der Waals surface area contributed by atoms with E-state index in [1.165, 1.54) is 19.2 Å². The Kier molecular flexibility index (Phi) is 10.2. The molecule has 2 aromatic rings. The highest BCUT2D eigenvalue weighted by atomic mass is 19.1. The number of anilines is 2. The maximum atomic E-state index is 13.6. The molecule has 210 valence electrons. The van der Waals surface area contributed by atoms with Gasteiger partial charge >= 0.3 is 12.0 Å². The average molecular weight is 535 g/mol. The topological polar surface area (TPSA) is 120 Å². The molecule has 0 radical (unpaired) electrons. The number of carbonyl (C=O) groups excluding carboxylic acids is 1. The van der Waals surface area contributed by atoms with Crippen molar-refractivity contribution in [1.29, 1.82) is 0 Å². The number of aromatic nitrogens is 3. The van der Waals surface area contributed by atoms with Gasteiger partial charge in [0.25, 0.3) is 5.91 Å². The Balaban J connectivity index is 1.68. The number of rotatable bonds is 12. The summed E-state index contributed by atoms with van der Waals surface area (Å²) >= 11 is 0. The summed E-state index contributed by atoms with van der Waals surface area (Å²) in [4.78, 5) is 27.1. The Labute approximate surface area is 223 Å². The lowest BCUT2D eigenvalue weighted by atomic mass is 10.0. The lowest BCUT2D eigenvalue weighted by Gasteiger charge is -2.45. The standard InChI is InChI=1S/C26H39FN6O5/c1-7-36-26(37-8-2,18-9-11-19(27)12-10-18)33-15-13-20(14-16-33)29-23-30-22(31-24(32-23)35-6)28-17-21(34)38-25(3,4)5/h9-12,20H,7-8,13-17H2,1-6H3,(H2,28,29,30,31,32). The normalized spacial score (nSPS) is 15.2. The van der Waals surface area contributed by atoms with Crippen molar-refractivity contribution < 1.29 is 28.1 Å². The van der Waals surface area contributed by atoms with Gasteiger partial charge in [-0.05, 0) is 71.7 Å². The van der Waals surface area contributed by atoms with Gasteiger partial charge < -0.3 is 29.6 Å². The van der Waals surface area contributed by atoms with Crippen LogP contribution in [0.5, 0.6) is 6.01 Å². The molecule has 0 spiro atoms. The van der Waals surface area contributed by atoms with Gasteiger partial charge in [-0.25, -0.2) is 9.29 Å². The first-order valence-electron chi connectivity index (χ1n) is 12.9. The predicted molar refractivity (Wildman–Crippen MR) is 140 cm³/mol. The van der Waals surface area contributed by atoms with Crippen LogP contribution in [0.1, 0.15) is 53.0 Å². The molecule has 3 rings (SSSR count). The van der Waals surface area contributed by atoms with Gasteiger partial charge in [0.2, 0.25) is 11.9 Å². The number of methoxy groups -OCH3 is 1. The summed E-state index contributed by atoms with van der Waals surface area (Å²) < 4.78 is 36.5. The number of ether oxygens (including phenoxy) is 4. The van der Waals surface area contributed by atoms with Gasteiger partial charge in [0.1, 0.15) is 18.0 Å². The molecule has 0 bridgehead atoms. The van der Waals surface area contributed by atoms with Crippen LogP contribution in [0.15, 0.2) is 24.3 Å². The van der Waals surface area contributed by atoms with Gasteiger partial charge in [-0.2, -0.15) is 15.0 Å². The summed E-state index contributed by atoms with van der Waals surface area (Å²) in [6, 6.07) is 6.42. The van der Waals surface area contributed by atoms with E-state index in [4.69, 9.17) is 18.9 Å². The predicted octanol–water partition coefficient (Wildman–Crippen LogP) is 3.53. The summed E-state index contributed by atoms with van der Waals surface area (Å²) in [5.74, 6) is -1.30. The maximum Gasteiger partial charge on any atom is 0.325 e. The minimum absolute atomic E-state index is 0.0613. The van der Waals surface area contributed by atoms with Crippen molar-refractivity contribution in [3.05, 3.63) is 35.6 Å². The quantitative estimate of drug-likeness (QED) is 0.307. The highest BCUT2D eigenvalue weighted by Crippen LogP contribution is 2.35. The van der Waals surface area contributed by atoms with E-state index in [-0.39, 0.29) is 30.4 Å². The molecule has 1 aromatic heterocycles. The molecule has 0 saturated carbocycles. The summed E-state index contributed by atoms with van der Waals surface area (Å²) in [5, 5.41) is 6.22. The van der Waals surface area contributed by atoms with E-state index in [2.05, 4.69) is 30.5 Å². The first kappa shape index (κ1) is 29.5. The number of hydrogen-bond acceptors (Lipinski definition) is 11. The molecular formula is C26H39FN6O5. The second kappa shape index (κ2) is 13.1. The Morgan fingerprint density at radius 3 is 2.18 bits per heavy atom. The molecule has 38 heavy (non-hydrogen) atoms. The Morgan fingerprint density at radius 2 is 1.63 bits per heavy atom. The minimum atomic E-state index is -1.10. The third-order valence-corrected chi connectivity index (χ3v) is 5.74. The molecule has 1 fully saturated rings. The molecule has 1 aromatic carbocycles. The minimum Gasteiger partial charge on any atom is -0.467 e. The van der Waals surface area contributed by atoms with E-state index in [1.54, 1.807) is 32.9 Å². The van der Waals surface area contributed by atoms with Crippen LogP contribution < -0.4 is 15.4 Å². The Hall–Kier alpha value is -3.09. The number of carbonyl (C=O) groups is 1. The SMILES string of the molecule is CCOC(OCC)(c1ccc(F)cc1)N1CCC(Nc2nc(NCC(=O)OC(C)(C)C)nc(OC)n2)CC1. The monoisotopic (exact) mass is 534 g/mol. The third kappa shape index (κ3) is 7.95. The van der Waals surface area contributed by atoms with E-state index in [0.29, 0.717) is 32.3 Å². The fourth-order valence-corrected chi connectivity index (χ4v) is 4.25. The van der Waals surface area contributed by atoms with Crippen molar-refractivity contribution in [1.82, 2.24) is 19.9 Å². The zero-order chi connectivity index (χ0) is 27.8. The average Bonchev–Trinajstić information content (AvgIpc) is 2.87. The molecule has 0 unspecified atom stereocenters. The summed E-state index contributed by atoms with van der Waals surface area (Å²) in [5.41, 5.74) is 0.160. The fourth-order valence-electron chi connectivity index (χ4n) is 4.25. The second-order valence-corrected chi connectivity index (χ2v) is 9.77. The molecule has 1 aliphatic rings. The second-order valence-electron chi connectivity index (χ2n) is 9.77. The molecule has 11 nitrogen and oxygen atoms in total. The van der Waals surface area contributed by atoms with Crippen LogP contribution >= 0.6 is 0 Å². The summed E-state index contributed by atoms with van der Waals surface area (Å²) in [6.45, 7) is 11.3. The van der Waals surface area contributed by atoms with Crippen LogP contribution in [0.3, 0.4) is 0 Å². The number of likely N-dealkylation sites (tertiary alicyclic amines) is 1. The van der Waals surface area contributed by atoms with Crippen molar-refractivity contribution in [2.24, 2.45) is 0 Å². The number of hydrogen-bond donors (Lipinski definition) is 2. The van der Waals surface area contributed by atoms with E-state index < -0.39 is 17.5 Å². The molecule has 0 aliphatic carbocycles. The summed E-state index contributed by atoms with van der Waals surface area (Å²) in [7, 11) is 1.46. The molecule has 2 N–H and O–H groups in total. The van der Waals surface area contributed by atoms with Gasteiger partial charge in [-0.3, -0.25) is 4.79 Å². The zero-order valence-electron chi connectivity index (χ0n) is 23.0.